The van der Waals surface area contributed by atoms with E-state index < -0.39 is 11.7 Å². The highest BCUT2D eigenvalue weighted by atomic mass is 19.3. The number of hydrogen-bond donors (Lipinski definition) is 2. The normalized spacial score (nSPS) is 11.3. The quantitative estimate of drug-likeness (QED) is 0.600. The number of anilines is 1. The SMILES string of the molecule is CC(F)(F)c1cccc(-c2cnc(C=N)c(NCc3cncc(F)c3)c2)c1. The molecule has 27 heavy (non-hydrogen) atoms. The lowest BCUT2D eigenvalue weighted by Crippen LogP contribution is -2.07. The Labute approximate surface area is 154 Å². The summed E-state index contributed by atoms with van der Waals surface area (Å²) in [6.07, 6.45) is 5.27. The molecule has 0 bridgehead atoms. The van der Waals surface area contributed by atoms with Crippen LogP contribution in [0.15, 0.2) is 55.0 Å². The van der Waals surface area contributed by atoms with Gasteiger partial charge in [-0.3, -0.25) is 9.97 Å². The van der Waals surface area contributed by atoms with Crippen molar-refractivity contribution in [2.75, 3.05) is 5.32 Å². The van der Waals surface area contributed by atoms with Crippen LogP contribution >= 0.6 is 0 Å². The first kappa shape index (κ1) is 18.6. The molecule has 0 aliphatic heterocycles. The summed E-state index contributed by atoms with van der Waals surface area (Å²) in [5.74, 6) is -3.38. The number of hydrogen-bond acceptors (Lipinski definition) is 4. The van der Waals surface area contributed by atoms with E-state index in [0.29, 0.717) is 28.1 Å². The number of nitrogens with one attached hydrogen (secondary N) is 2. The Morgan fingerprint density at radius 1 is 1.11 bits per heavy atom. The van der Waals surface area contributed by atoms with Crippen LogP contribution in [0, 0.1) is 11.2 Å². The molecule has 0 atom stereocenters. The molecule has 0 fully saturated rings. The number of halogens is 3. The monoisotopic (exact) mass is 370 g/mol. The van der Waals surface area contributed by atoms with Gasteiger partial charge in [0, 0.05) is 43.2 Å². The minimum absolute atomic E-state index is 0.0866. The van der Waals surface area contributed by atoms with E-state index >= 15 is 0 Å². The largest absolute Gasteiger partial charge is 0.379 e. The lowest BCUT2D eigenvalue weighted by molar-refractivity contribution is 0.0175. The van der Waals surface area contributed by atoms with Crippen molar-refractivity contribution in [3.63, 3.8) is 0 Å². The first-order valence-corrected chi connectivity index (χ1v) is 8.19. The highest BCUT2D eigenvalue weighted by molar-refractivity contribution is 5.85. The van der Waals surface area contributed by atoms with Crippen molar-refractivity contribution in [3.05, 3.63) is 77.6 Å². The third kappa shape index (κ3) is 4.49. The van der Waals surface area contributed by atoms with E-state index in [1.807, 2.05) is 0 Å². The van der Waals surface area contributed by atoms with Crippen molar-refractivity contribution in [3.8, 4) is 11.1 Å². The molecule has 0 amide bonds. The van der Waals surface area contributed by atoms with Gasteiger partial charge in [-0.05, 0) is 29.3 Å². The molecule has 0 aliphatic carbocycles. The zero-order valence-corrected chi connectivity index (χ0v) is 14.5. The fourth-order valence-corrected chi connectivity index (χ4v) is 2.61. The van der Waals surface area contributed by atoms with Crippen molar-refractivity contribution in [1.82, 2.24) is 9.97 Å². The van der Waals surface area contributed by atoms with Crippen molar-refractivity contribution < 1.29 is 13.2 Å². The molecule has 2 heterocycles. The summed E-state index contributed by atoms with van der Waals surface area (Å²) in [5.41, 5.74) is 2.70. The minimum Gasteiger partial charge on any atom is -0.379 e. The molecule has 0 saturated heterocycles. The molecular formula is C20H17F3N4. The zero-order valence-electron chi connectivity index (χ0n) is 14.5. The predicted molar refractivity (Wildman–Crippen MR) is 98.6 cm³/mol. The second-order valence-corrected chi connectivity index (χ2v) is 6.14. The average Bonchev–Trinajstić information content (AvgIpc) is 2.65. The van der Waals surface area contributed by atoms with Crippen molar-refractivity contribution in [1.29, 1.82) is 5.41 Å². The van der Waals surface area contributed by atoms with Crippen LogP contribution in [-0.2, 0) is 12.5 Å². The maximum atomic E-state index is 13.6. The molecule has 3 rings (SSSR count). The molecule has 0 saturated carbocycles. The van der Waals surface area contributed by atoms with Crippen LogP contribution < -0.4 is 5.32 Å². The maximum Gasteiger partial charge on any atom is 0.270 e. The topological polar surface area (TPSA) is 61.7 Å². The number of aromatic nitrogens is 2. The van der Waals surface area contributed by atoms with E-state index in [2.05, 4.69) is 15.3 Å². The van der Waals surface area contributed by atoms with Gasteiger partial charge in [-0.1, -0.05) is 18.2 Å². The molecule has 4 nitrogen and oxygen atoms in total. The molecular weight excluding hydrogens is 353 g/mol. The van der Waals surface area contributed by atoms with Gasteiger partial charge in [0.15, 0.2) is 0 Å². The molecule has 2 N–H and O–H groups in total. The second kappa shape index (κ2) is 7.57. The van der Waals surface area contributed by atoms with Gasteiger partial charge in [-0.25, -0.2) is 13.2 Å². The Morgan fingerprint density at radius 2 is 1.93 bits per heavy atom. The van der Waals surface area contributed by atoms with E-state index in [1.54, 1.807) is 18.2 Å². The molecule has 0 unspecified atom stereocenters. The summed E-state index contributed by atoms with van der Waals surface area (Å²) in [4.78, 5) is 8.00. The van der Waals surface area contributed by atoms with E-state index in [9.17, 15) is 13.2 Å². The third-order valence-corrected chi connectivity index (χ3v) is 4.00. The van der Waals surface area contributed by atoms with Gasteiger partial charge in [0.05, 0.1) is 11.9 Å². The first-order valence-electron chi connectivity index (χ1n) is 8.19. The molecule has 3 aromatic rings. The number of rotatable bonds is 6. The lowest BCUT2D eigenvalue weighted by Gasteiger charge is -2.14. The summed E-state index contributed by atoms with van der Waals surface area (Å²) >= 11 is 0. The van der Waals surface area contributed by atoms with Gasteiger partial charge >= 0.3 is 0 Å². The predicted octanol–water partition coefficient (Wildman–Crippen LogP) is 5.00. The Balaban J connectivity index is 1.90. The molecule has 1 aromatic carbocycles. The highest BCUT2D eigenvalue weighted by Crippen LogP contribution is 2.31. The molecule has 0 spiro atoms. The van der Waals surface area contributed by atoms with E-state index in [-0.39, 0.29) is 12.1 Å². The number of nitrogens with zero attached hydrogens (tertiary/aromatic N) is 2. The molecule has 2 aromatic heterocycles. The summed E-state index contributed by atoms with van der Waals surface area (Å²) in [5, 5.41) is 10.6. The number of alkyl halides is 2. The number of benzene rings is 1. The molecule has 0 radical (unpaired) electrons. The van der Waals surface area contributed by atoms with Gasteiger partial charge in [0.25, 0.3) is 5.92 Å². The summed E-state index contributed by atoms with van der Waals surface area (Å²) in [6, 6.07) is 9.16. The van der Waals surface area contributed by atoms with Gasteiger partial charge in [0.2, 0.25) is 0 Å². The first-order chi connectivity index (χ1) is 12.9. The minimum atomic E-state index is -2.94. The third-order valence-electron chi connectivity index (χ3n) is 4.00. The maximum absolute atomic E-state index is 13.6. The average molecular weight is 370 g/mol. The lowest BCUT2D eigenvalue weighted by atomic mass is 10.0. The van der Waals surface area contributed by atoms with Crippen LogP contribution in [0.3, 0.4) is 0 Å². The van der Waals surface area contributed by atoms with Gasteiger partial charge in [-0.15, -0.1) is 0 Å². The fraction of sp³-hybridized carbons (Fsp3) is 0.150. The fourth-order valence-electron chi connectivity index (χ4n) is 2.61. The Morgan fingerprint density at radius 3 is 2.63 bits per heavy atom. The second-order valence-electron chi connectivity index (χ2n) is 6.14. The van der Waals surface area contributed by atoms with Gasteiger partial charge < -0.3 is 10.7 Å². The van der Waals surface area contributed by atoms with Crippen LogP contribution in [0.1, 0.15) is 23.7 Å². The van der Waals surface area contributed by atoms with E-state index in [1.165, 1.54) is 30.6 Å². The van der Waals surface area contributed by atoms with Crippen LogP contribution in [0.5, 0.6) is 0 Å². The van der Waals surface area contributed by atoms with E-state index in [0.717, 1.165) is 19.3 Å². The van der Waals surface area contributed by atoms with Crippen LogP contribution in [0.25, 0.3) is 11.1 Å². The van der Waals surface area contributed by atoms with Crippen molar-refractivity contribution >= 4 is 11.9 Å². The van der Waals surface area contributed by atoms with E-state index in [4.69, 9.17) is 5.41 Å². The summed E-state index contributed by atoms with van der Waals surface area (Å²) < 4.78 is 40.4. The zero-order chi connectivity index (χ0) is 19.4. The Bertz CT molecular complexity index is 967. The molecule has 138 valence electrons. The molecule has 0 aliphatic rings. The Hall–Kier alpha value is -3.22. The summed E-state index contributed by atoms with van der Waals surface area (Å²) in [7, 11) is 0. The van der Waals surface area contributed by atoms with Crippen LogP contribution in [-0.4, -0.2) is 16.2 Å². The van der Waals surface area contributed by atoms with Gasteiger partial charge in [-0.2, -0.15) is 0 Å². The van der Waals surface area contributed by atoms with Crippen molar-refractivity contribution in [2.45, 2.75) is 19.4 Å². The number of pyridine rings is 2. The van der Waals surface area contributed by atoms with Gasteiger partial charge in [0.1, 0.15) is 11.5 Å². The Kier molecular flexibility index (Phi) is 5.21. The van der Waals surface area contributed by atoms with Crippen LogP contribution in [0.4, 0.5) is 18.9 Å². The standard InChI is InChI=1S/C20H17F3N4/c1-20(22,23)16-4-2-3-14(6-16)15-7-18(19(8-24)27-11-15)26-10-13-5-17(21)12-25-9-13/h2-9,11-12,24,26H,10H2,1H3. The highest BCUT2D eigenvalue weighted by Gasteiger charge is 2.24. The van der Waals surface area contributed by atoms with Crippen molar-refractivity contribution in [2.24, 2.45) is 0 Å². The smallest absolute Gasteiger partial charge is 0.270 e. The van der Waals surface area contributed by atoms with Crippen LogP contribution in [0.2, 0.25) is 0 Å². The molecule has 7 heteroatoms. The summed E-state index contributed by atoms with van der Waals surface area (Å²) in [6.45, 7) is 1.13.